The Hall–Kier alpha value is -3.06. The lowest BCUT2D eigenvalue weighted by atomic mass is 10.1. The normalized spacial score (nSPS) is 10.8. The van der Waals surface area contributed by atoms with Gasteiger partial charge in [-0.15, -0.1) is 0 Å². The second kappa shape index (κ2) is 11.0. The maximum Gasteiger partial charge on any atom is 0.271 e. The van der Waals surface area contributed by atoms with Crippen molar-refractivity contribution in [2.24, 2.45) is 5.10 Å². The van der Waals surface area contributed by atoms with Gasteiger partial charge in [0.15, 0.2) is 12.4 Å². The van der Waals surface area contributed by atoms with E-state index in [1.54, 1.807) is 48.5 Å². The van der Waals surface area contributed by atoms with Gasteiger partial charge in [0.2, 0.25) is 0 Å². The molecule has 0 radical (unpaired) electrons. The van der Waals surface area contributed by atoms with Gasteiger partial charge in [-0.1, -0.05) is 64.6 Å². The maximum atomic E-state index is 12.1. The van der Waals surface area contributed by atoms with Crippen LogP contribution in [-0.2, 0) is 4.79 Å². The average Bonchev–Trinajstić information content (AvgIpc) is 2.75. The quantitative estimate of drug-likeness (QED) is 0.327. The number of carbonyl (C=O) groups is 2. The Morgan fingerprint density at radius 2 is 1.62 bits per heavy atom. The first-order chi connectivity index (χ1) is 15.3. The zero-order chi connectivity index (χ0) is 23.1. The molecular weight excluding hydrogens is 473 g/mol. The molecule has 0 fully saturated rings. The van der Waals surface area contributed by atoms with Crippen LogP contribution in [0.15, 0.2) is 65.8 Å². The van der Waals surface area contributed by atoms with E-state index in [0.717, 1.165) is 5.56 Å². The van der Waals surface area contributed by atoms with Crippen molar-refractivity contribution in [2.45, 2.75) is 6.92 Å². The number of hydrogen-bond donors (Lipinski definition) is 2. The number of para-hydroxylation sites is 1. The first-order valence-electron chi connectivity index (χ1n) is 9.40. The second-order valence-corrected chi connectivity index (χ2v) is 7.92. The van der Waals surface area contributed by atoms with E-state index in [1.807, 2.05) is 19.1 Å². The zero-order valence-corrected chi connectivity index (χ0v) is 19.1. The summed E-state index contributed by atoms with van der Waals surface area (Å²) in [4.78, 5) is 24.2. The van der Waals surface area contributed by atoms with Gasteiger partial charge in [-0.25, -0.2) is 5.43 Å². The Kier molecular flexibility index (Phi) is 8.11. The monoisotopic (exact) mass is 489 g/mol. The predicted octanol–water partition coefficient (Wildman–Crippen LogP) is 5.74. The summed E-state index contributed by atoms with van der Waals surface area (Å²) in [5.74, 6) is -0.610. The van der Waals surface area contributed by atoms with E-state index >= 15 is 0 Å². The average molecular weight is 491 g/mol. The number of carbonyl (C=O) groups excluding carboxylic acids is 2. The summed E-state index contributed by atoms with van der Waals surface area (Å²) < 4.78 is 5.47. The Bertz CT molecular complexity index is 1140. The molecule has 0 saturated heterocycles. The Balaban J connectivity index is 1.59. The molecule has 0 spiro atoms. The second-order valence-electron chi connectivity index (χ2n) is 6.70. The van der Waals surface area contributed by atoms with Crippen LogP contribution < -0.4 is 15.5 Å². The summed E-state index contributed by atoms with van der Waals surface area (Å²) in [7, 11) is 0. The van der Waals surface area contributed by atoms with Crippen LogP contribution in [0.1, 0.15) is 21.5 Å². The van der Waals surface area contributed by atoms with Crippen molar-refractivity contribution in [3.63, 3.8) is 0 Å². The zero-order valence-electron chi connectivity index (χ0n) is 16.9. The van der Waals surface area contributed by atoms with Crippen LogP contribution in [0.3, 0.4) is 0 Å². The number of halogens is 3. The Morgan fingerprint density at radius 1 is 0.969 bits per heavy atom. The van der Waals surface area contributed by atoms with Crippen LogP contribution in [-0.4, -0.2) is 24.6 Å². The number of amides is 2. The van der Waals surface area contributed by atoms with Crippen LogP contribution in [0.25, 0.3) is 0 Å². The van der Waals surface area contributed by atoms with Crippen molar-refractivity contribution < 1.29 is 14.3 Å². The number of anilines is 1. The number of aryl methyl sites for hydroxylation is 1. The van der Waals surface area contributed by atoms with Gasteiger partial charge >= 0.3 is 0 Å². The molecule has 2 N–H and O–H groups in total. The maximum absolute atomic E-state index is 12.1. The molecule has 0 aromatic heterocycles. The molecule has 0 heterocycles. The van der Waals surface area contributed by atoms with E-state index in [4.69, 9.17) is 39.5 Å². The standard InChI is InChI=1S/C23H18Cl3N3O3/c1-14-6-8-16(9-7-14)23(31)29-27-12-15-10-18(25)22(19(26)11-15)32-13-21(30)28-20-5-3-2-4-17(20)24/h2-12H,13H2,1H3,(H,28,30)(H,29,31)/b27-12+. The summed E-state index contributed by atoms with van der Waals surface area (Å²) >= 11 is 18.5. The number of nitrogens with zero attached hydrogens (tertiary/aromatic N) is 1. The minimum atomic E-state index is -0.422. The number of hydrazone groups is 1. The van der Waals surface area contributed by atoms with Gasteiger partial charge in [0.05, 0.1) is 27.0 Å². The third-order valence-electron chi connectivity index (χ3n) is 4.21. The Labute approximate surface area is 200 Å². The minimum Gasteiger partial charge on any atom is -0.481 e. The predicted molar refractivity (Wildman–Crippen MR) is 128 cm³/mol. The molecule has 0 atom stereocenters. The van der Waals surface area contributed by atoms with Gasteiger partial charge in [-0.2, -0.15) is 5.10 Å². The molecule has 0 bridgehead atoms. The molecule has 164 valence electrons. The van der Waals surface area contributed by atoms with Crippen molar-refractivity contribution in [1.29, 1.82) is 0 Å². The van der Waals surface area contributed by atoms with Crippen LogP contribution >= 0.6 is 34.8 Å². The lowest BCUT2D eigenvalue weighted by Gasteiger charge is -2.11. The summed E-state index contributed by atoms with van der Waals surface area (Å²) in [6.45, 7) is 1.62. The lowest BCUT2D eigenvalue weighted by Crippen LogP contribution is -2.20. The molecule has 0 unspecified atom stereocenters. The number of rotatable bonds is 7. The number of hydrogen-bond acceptors (Lipinski definition) is 4. The molecule has 0 aliphatic rings. The van der Waals surface area contributed by atoms with E-state index in [9.17, 15) is 9.59 Å². The van der Waals surface area contributed by atoms with E-state index in [0.29, 0.717) is 21.8 Å². The summed E-state index contributed by atoms with van der Waals surface area (Å²) in [5.41, 5.74) is 4.99. The van der Waals surface area contributed by atoms with E-state index < -0.39 is 5.91 Å². The molecule has 9 heteroatoms. The highest BCUT2D eigenvalue weighted by atomic mass is 35.5. The van der Waals surface area contributed by atoms with Crippen molar-refractivity contribution >= 4 is 58.5 Å². The molecule has 6 nitrogen and oxygen atoms in total. The molecule has 0 aliphatic carbocycles. The highest BCUT2D eigenvalue weighted by Gasteiger charge is 2.13. The first kappa shape index (κ1) is 23.6. The molecule has 2 amide bonds. The topological polar surface area (TPSA) is 79.8 Å². The van der Waals surface area contributed by atoms with Gasteiger partial charge in [-0.3, -0.25) is 9.59 Å². The minimum absolute atomic E-state index is 0.156. The van der Waals surface area contributed by atoms with Crippen molar-refractivity contribution in [1.82, 2.24) is 5.43 Å². The van der Waals surface area contributed by atoms with Crippen molar-refractivity contribution in [2.75, 3.05) is 11.9 Å². The van der Waals surface area contributed by atoms with Crippen LogP contribution in [0.4, 0.5) is 5.69 Å². The van der Waals surface area contributed by atoms with Gasteiger partial charge < -0.3 is 10.1 Å². The number of benzene rings is 3. The molecule has 0 aliphatic heterocycles. The van der Waals surface area contributed by atoms with Crippen LogP contribution in [0, 0.1) is 6.92 Å². The van der Waals surface area contributed by atoms with Crippen LogP contribution in [0.2, 0.25) is 15.1 Å². The molecule has 3 aromatic rings. The summed E-state index contributed by atoms with van der Waals surface area (Å²) in [6.07, 6.45) is 1.40. The van der Waals surface area contributed by atoms with Gasteiger partial charge in [-0.05, 0) is 48.9 Å². The molecular formula is C23H18Cl3N3O3. The SMILES string of the molecule is Cc1ccc(C(=O)N/N=C/c2cc(Cl)c(OCC(=O)Nc3ccccc3Cl)c(Cl)c2)cc1. The van der Waals surface area contributed by atoms with E-state index in [1.165, 1.54) is 6.21 Å². The summed E-state index contributed by atoms with van der Waals surface area (Å²) in [5, 5.41) is 7.36. The fourth-order valence-electron chi connectivity index (χ4n) is 2.61. The lowest BCUT2D eigenvalue weighted by molar-refractivity contribution is -0.118. The van der Waals surface area contributed by atoms with Crippen molar-refractivity contribution in [3.05, 3.63) is 92.4 Å². The molecule has 3 rings (SSSR count). The largest absolute Gasteiger partial charge is 0.481 e. The first-order valence-corrected chi connectivity index (χ1v) is 10.5. The molecule has 32 heavy (non-hydrogen) atoms. The van der Waals surface area contributed by atoms with Gasteiger partial charge in [0.25, 0.3) is 11.8 Å². The fraction of sp³-hybridized carbons (Fsp3) is 0.0870. The highest BCUT2D eigenvalue weighted by Crippen LogP contribution is 2.34. The number of nitrogens with one attached hydrogen (secondary N) is 2. The smallest absolute Gasteiger partial charge is 0.271 e. The fourth-order valence-corrected chi connectivity index (χ4v) is 3.41. The molecule has 3 aromatic carbocycles. The Morgan fingerprint density at radius 3 is 2.28 bits per heavy atom. The van der Waals surface area contributed by atoms with E-state index in [-0.39, 0.29) is 28.3 Å². The van der Waals surface area contributed by atoms with Crippen molar-refractivity contribution in [3.8, 4) is 5.75 Å². The third kappa shape index (κ3) is 6.47. The highest BCUT2D eigenvalue weighted by molar-refractivity contribution is 6.37. The summed E-state index contributed by atoms with van der Waals surface area (Å²) in [6, 6.07) is 17.0. The van der Waals surface area contributed by atoms with Crippen LogP contribution in [0.5, 0.6) is 5.75 Å². The van der Waals surface area contributed by atoms with Gasteiger partial charge in [0, 0.05) is 5.56 Å². The number of ether oxygens (including phenoxy) is 1. The van der Waals surface area contributed by atoms with Gasteiger partial charge in [0.1, 0.15) is 0 Å². The molecule has 0 saturated carbocycles. The van der Waals surface area contributed by atoms with E-state index in [2.05, 4.69) is 15.8 Å². The third-order valence-corrected chi connectivity index (χ3v) is 5.10.